The van der Waals surface area contributed by atoms with E-state index in [2.05, 4.69) is 4.90 Å². The van der Waals surface area contributed by atoms with Gasteiger partial charge in [-0.2, -0.15) is 0 Å². The number of likely N-dealkylation sites (N-methyl/N-ethyl adjacent to an activating group) is 1. The Kier molecular flexibility index (Phi) is 4.78. The molecule has 20 heavy (non-hydrogen) atoms. The number of aliphatic hydroxyl groups is 1. The second-order valence-electron chi connectivity index (χ2n) is 5.75. The van der Waals surface area contributed by atoms with E-state index in [1.54, 1.807) is 6.07 Å². The molecule has 1 fully saturated rings. The summed E-state index contributed by atoms with van der Waals surface area (Å²) >= 11 is 0. The molecule has 4 heteroatoms. The summed E-state index contributed by atoms with van der Waals surface area (Å²) in [6, 6.07) is 7.46. The Balaban J connectivity index is 2.04. The maximum absolute atomic E-state index is 11.7. The number of hydrogen-bond acceptors (Lipinski definition) is 4. The maximum atomic E-state index is 11.7. The van der Waals surface area contributed by atoms with Crippen molar-refractivity contribution in [3.8, 4) is 0 Å². The average Bonchev–Trinajstić information content (AvgIpc) is 2.84. The predicted octanol–water partition coefficient (Wildman–Crippen LogP) is 2.21. The number of nitrogens with zero attached hydrogens (tertiary/aromatic N) is 1. The standard InChI is InChI=1S/C16H23NO3/c1-17(12-16(19)9-5-6-10-16)11-13-7-3-4-8-14(13)15(18)20-2/h3-4,7-8,19H,5-6,9-12H2,1-2H3. The molecule has 0 amide bonds. The Morgan fingerprint density at radius 2 is 2.00 bits per heavy atom. The molecule has 1 aromatic rings. The van der Waals surface area contributed by atoms with Crippen molar-refractivity contribution < 1.29 is 14.6 Å². The van der Waals surface area contributed by atoms with Crippen LogP contribution in [-0.2, 0) is 11.3 Å². The Labute approximate surface area is 120 Å². The first-order valence-electron chi connectivity index (χ1n) is 7.11. The topological polar surface area (TPSA) is 49.8 Å². The first-order valence-corrected chi connectivity index (χ1v) is 7.11. The molecule has 1 aromatic carbocycles. The van der Waals surface area contributed by atoms with E-state index in [0.29, 0.717) is 18.7 Å². The smallest absolute Gasteiger partial charge is 0.338 e. The molecule has 0 unspecified atom stereocenters. The summed E-state index contributed by atoms with van der Waals surface area (Å²) in [5.41, 5.74) is 0.971. The summed E-state index contributed by atoms with van der Waals surface area (Å²) in [6.07, 6.45) is 3.94. The van der Waals surface area contributed by atoms with Crippen LogP contribution in [0.4, 0.5) is 0 Å². The zero-order chi connectivity index (χ0) is 14.6. The molecule has 0 aliphatic heterocycles. The third-order valence-electron chi connectivity index (χ3n) is 3.96. The van der Waals surface area contributed by atoms with Crippen LogP contribution in [0, 0.1) is 0 Å². The highest BCUT2D eigenvalue weighted by molar-refractivity contribution is 5.90. The molecule has 0 heterocycles. The molecular weight excluding hydrogens is 254 g/mol. The van der Waals surface area contributed by atoms with Gasteiger partial charge in [0.15, 0.2) is 0 Å². The van der Waals surface area contributed by atoms with Gasteiger partial charge < -0.3 is 9.84 Å². The Hall–Kier alpha value is -1.39. The fourth-order valence-corrected chi connectivity index (χ4v) is 3.01. The molecule has 1 aliphatic rings. The highest BCUT2D eigenvalue weighted by Crippen LogP contribution is 2.30. The van der Waals surface area contributed by atoms with E-state index in [-0.39, 0.29) is 5.97 Å². The summed E-state index contributed by atoms with van der Waals surface area (Å²) in [5, 5.41) is 10.4. The zero-order valence-corrected chi connectivity index (χ0v) is 12.3. The summed E-state index contributed by atoms with van der Waals surface area (Å²) in [7, 11) is 3.37. The van der Waals surface area contributed by atoms with Crippen molar-refractivity contribution in [2.24, 2.45) is 0 Å². The maximum Gasteiger partial charge on any atom is 0.338 e. The van der Waals surface area contributed by atoms with Crippen LogP contribution in [0.25, 0.3) is 0 Å². The van der Waals surface area contributed by atoms with Crippen LogP contribution in [0.2, 0.25) is 0 Å². The minimum atomic E-state index is -0.561. The number of ether oxygens (including phenoxy) is 1. The van der Waals surface area contributed by atoms with Gasteiger partial charge >= 0.3 is 5.97 Å². The number of carbonyl (C=O) groups excluding carboxylic acids is 1. The van der Waals surface area contributed by atoms with Gasteiger partial charge in [0.05, 0.1) is 18.3 Å². The molecule has 0 aromatic heterocycles. The number of esters is 1. The Morgan fingerprint density at radius 1 is 1.35 bits per heavy atom. The highest BCUT2D eigenvalue weighted by Gasteiger charge is 2.32. The van der Waals surface area contributed by atoms with E-state index in [9.17, 15) is 9.90 Å². The fraction of sp³-hybridized carbons (Fsp3) is 0.562. The van der Waals surface area contributed by atoms with Crippen molar-refractivity contribution in [2.75, 3.05) is 20.7 Å². The largest absolute Gasteiger partial charge is 0.465 e. The molecule has 0 spiro atoms. The van der Waals surface area contributed by atoms with Gasteiger partial charge in [-0.05, 0) is 31.5 Å². The summed E-state index contributed by atoms with van der Waals surface area (Å²) in [5.74, 6) is -0.312. The number of methoxy groups -OCH3 is 1. The van der Waals surface area contributed by atoms with E-state index in [1.807, 2.05) is 25.2 Å². The molecule has 4 nitrogen and oxygen atoms in total. The fourth-order valence-electron chi connectivity index (χ4n) is 3.01. The number of benzene rings is 1. The highest BCUT2D eigenvalue weighted by atomic mass is 16.5. The average molecular weight is 277 g/mol. The van der Waals surface area contributed by atoms with Gasteiger partial charge in [0, 0.05) is 13.1 Å². The van der Waals surface area contributed by atoms with Gasteiger partial charge in [-0.1, -0.05) is 31.0 Å². The predicted molar refractivity (Wildman–Crippen MR) is 77.5 cm³/mol. The van der Waals surface area contributed by atoms with E-state index in [4.69, 9.17) is 4.74 Å². The summed E-state index contributed by atoms with van der Waals surface area (Å²) < 4.78 is 4.80. The lowest BCUT2D eigenvalue weighted by Crippen LogP contribution is -2.39. The first kappa shape index (κ1) is 15.0. The molecule has 0 saturated heterocycles. The Bertz CT molecular complexity index is 467. The van der Waals surface area contributed by atoms with Gasteiger partial charge in [0.1, 0.15) is 0 Å². The third kappa shape index (κ3) is 3.58. The minimum absolute atomic E-state index is 0.312. The second-order valence-corrected chi connectivity index (χ2v) is 5.75. The summed E-state index contributed by atoms with van der Waals surface area (Å²) in [6.45, 7) is 1.27. The Morgan fingerprint density at radius 3 is 2.65 bits per heavy atom. The molecule has 110 valence electrons. The second kappa shape index (κ2) is 6.37. The lowest BCUT2D eigenvalue weighted by molar-refractivity contribution is 0.0144. The lowest BCUT2D eigenvalue weighted by Gasteiger charge is -2.28. The van der Waals surface area contributed by atoms with Crippen LogP contribution in [0.3, 0.4) is 0 Å². The molecule has 0 radical (unpaired) electrons. The molecule has 1 saturated carbocycles. The first-order chi connectivity index (χ1) is 9.54. The van der Waals surface area contributed by atoms with Crippen LogP contribution < -0.4 is 0 Å². The van der Waals surface area contributed by atoms with E-state index >= 15 is 0 Å². The van der Waals surface area contributed by atoms with E-state index < -0.39 is 5.60 Å². The van der Waals surface area contributed by atoms with Gasteiger partial charge in [-0.25, -0.2) is 4.79 Å². The SMILES string of the molecule is COC(=O)c1ccccc1CN(C)CC1(O)CCCC1. The van der Waals surface area contributed by atoms with Gasteiger partial charge in [-0.15, -0.1) is 0 Å². The van der Waals surface area contributed by atoms with Gasteiger partial charge in [-0.3, -0.25) is 4.90 Å². The molecule has 1 aliphatic carbocycles. The molecule has 2 rings (SSSR count). The summed E-state index contributed by atoms with van der Waals surface area (Å²) in [4.78, 5) is 13.8. The molecule has 0 atom stereocenters. The molecule has 0 bridgehead atoms. The van der Waals surface area contributed by atoms with Crippen molar-refractivity contribution in [3.05, 3.63) is 35.4 Å². The van der Waals surface area contributed by atoms with Gasteiger partial charge in [0.2, 0.25) is 0 Å². The van der Waals surface area contributed by atoms with Crippen LogP contribution in [0.15, 0.2) is 24.3 Å². The van der Waals surface area contributed by atoms with Crippen molar-refractivity contribution in [1.29, 1.82) is 0 Å². The van der Waals surface area contributed by atoms with E-state index in [1.165, 1.54) is 7.11 Å². The van der Waals surface area contributed by atoms with Gasteiger partial charge in [0.25, 0.3) is 0 Å². The number of rotatable bonds is 5. The van der Waals surface area contributed by atoms with Crippen molar-refractivity contribution in [3.63, 3.8) is 0 Å². The normalized spacial score (nSPS) is 17.4. The van der Waals surface area contributed by atoms with Crippen LogP contribution in [0.5, 0.6) is 0 Å². The quantitative estimate of drug-likeness (QED) is 0.838. The zero-order valence-electron chi connectivity index (χ0n) is 12.3. The van der Waals surface area contributed by atoms with Crippen LogP contribution in [-0.4, -0.2) is 42.3 Å². The minimum Gasteiger partial charge on any atom is -0.465 e. The van der Waals surface area contributed by atoms with Crippen molar-refractivity contribution >= 4 is 5.97 Å². The lowest BCUT2D eigenvalue weighted by atomic mass is 10.0. The molecular formula is C16H23NO3. The van der Waals surface area contributed by atoms with Crippen LogP contribution >= 0.6 is 0 Å². The number of carbonyl (C=O) groups is 1. The van der Waals surface area contributed by atoms with Crippen molar-refractivity contribution in [2.45, 2.75) is 37.8 Å². The molecule has 1 N–H and O–H groups in total. The monoisotopic (exact) mass is 277 g/mol. The van der Waals surface area contributed by atoms with Crippen molar-refractivity contribution in [1.82, 2.24) is 4.90 Å². The van der Waals surface area contributed by atoms with Crippen LogP contribution in [0.1, 0.15) is 41.6 Å². The third-order valence-corrected chi connectivity index (χ3v) is 3.96. The number of hydrogen-bond donors (Lipinski definition) is 1. The van der Waals surface area contributed by atoms with E-state index in [0.717, 1.165) is 31.2 Å².